The maximum atomic E-state index is 6.26. The molecule has 1 heterocycles. The molecule has 1 atom stereocenters. The van der Waals surface area contributed by atoms with E-state index in [4.69, 9.17) is 21.3 Å². The first-order chi connectivity index (χ1) is 12.5. The number of quaternary nitrogens is 1. The van der Waals surface area contributed by atoms with Gasteiger partial charge in [0.15, 0.2) is 0 Å². The van der Waals surface area contributed by atoms with Crippen molar-refractivity contribution in [3.8, 4) is 11.8 Å². The number of benzene rings is 1. The van der Waals surface area contributed by atoms with Crippen molar-refractivity contribution in [2.24, 2.45) is 16.8 Å². The largest absolute Gasteiger partial charge is 0.490 e. The Hall–Kier alpha value is -1.83. The summed E-state index contributed by atoms with van der Waals surface area (Å²) in [6, 6.07) is 8.59. The van der Waals surface area contributed by atoms with Crippen molar-refractivity contribution in [3.63, 3.8) is 0 Å². The van der Waals surface area contributed by atoms with Gasteiger partial charge in [0, 0.05) is 12.0 Å². The van der Waals surface area contributed by atoms with Crippen molar-refractivity contribution in [2.45, 2.75) is 45.6 Å². The van der Waals surface area contributed by atoms with E-state index in [1.165, 1.54) is 16.4 Å². The minimum atomic E-state index is 0.247. The topological polar surface area (TPSA) is 30.4 Å². The molecule has 5 heteroatoms. The highest BCUT2D eigenvalue weighted by Crippen LogP contribution is 2.30. The first-order valence-electron chi connectivity index (χ1n) is 9.42. The molecule has 1 aliphatic carbocycles. The Balaban J connectivity index is 1.55. The van der Waals surface area contributed by atoms with Gasteiger partial charge in [0.2, 0.25) is 5.84 Å². The first-order valence-corrected chi connectivity index (χ1v) is 9.80. The first kappa shape index (κ1) is 18.9. The van der Waals surface area contributed by atoms with Gasteiger partial charge in [-0.2, -0.15) is 0 Å². The van der Waals surface area contributed by atoms with Crippen molar-refractivity contribution >= 4 is 17.4 Å². The van der Waals surface area contributed by atoms with E-state index in [0.717, 1.165) is 37.0 Å². The Morgan fingerprint density at radius 1 is 1.27 bits per heavy atom. The van der Waals surface area contributed by atoms with Crippen LogP contribution in [0.15, 0.2) is 35.1 Å². The van der Waals surface area contributed by atoms with E-state index in [0.29, 0.717) is 16.9 Å². The number of nitrogens with one attached hydrogen (secondary N) is 1. The van der Waals surface area contributed by atoms with Crippen LogP contribution in [0.1, 0.15) is 45.1 Å². The summed E-state index contributed by atoms with van der Waals surface area (Å²) < 4.78 is 6.16. The second-order valence-corrected chi connectivity index (χ2v) is 7.85. The number of rotatable bonds is 4. The molecule has 138 valence electrons. The monoisotopic (exact) mass is 373 g/mol. The van der Waals surface area contributed by atoms with Crippen LogP contribution in [0.5, 0.6) is 5.75 Å². The summed E-state index contributed by atoms with van der Waals surface area (Å²) in [5.41, 5.74) is 2.18. The smallest absolute Gasteiger partial charge is 0.312 e. The lowest BCUT2D eigenvalue weighted by Crippen LogP contribution is -3.10. The summed E-state index contributed by atoms with van der Waals surface area (Å²) in [6.07, 6.45) is 6.67. The lowest BCUT2D eigenvalue weighted by molar-refractivity contribution is -0.742. The molecule has 1 aromatic rings. The van der Waals surface area contributed by atoms with E-state index in [-0.39, 0.29) is 6.10 Å². The second-order valence-electron chi connectivity index (χ2n) is 7.45. The second kappa shape index (κ2) is 8.24. The summed E-state index contributed by atoms with van der Waals surface area (Å²) in [5.74, 6) is 3.22. The van der Waals surface area contributed by atoms with Crippen molar-refractivity contribution < 1.29 is 9.64 Å². The fourth-order valence-corrected chi connectivity index (χ4v) is 4.11. The number of allylic oxidation sites excluding steroid dienone is 1. The molecule has 0 radical (unpaired) electrons. The minimum absolute atomic E-state index is 0.247. The number of halogens is 1. The third-order valence-corrected chi connectivity index (χ3v) is 5.63. The number of hydrogen-bond donors (Lipinski definition) is 1. The predicted molar refractivity (Wildman–Crippen MR) is 107 cm³/mol. The van der Waals surface area contributed by atoms with Gasteiger partial charge in [-0.1, -0.05) is 30.3 Å². The molecule has 3 rings (SSSR count). The van der Waals surface area contributed by atoms with Crippen LogP contribution in [0.4, 0.5) is 0 Å². The van der Waals surface area contributed by atoms with Gasteiger partial charge in [-0.3, -0.25) is 4.90 Å². The molecule has 26 heavy (non-hydrogen) atoms. The molecule has 4 nitrogen and oxygen atoms in total. The zero-order valence-electron chi connectivity index (χ0n) is 16.1. The molecule has 1 unspecified atom stereocenters. The van der Waals surface area contributed by atoms with Gasteiger partial charge < -0.3 is 4.74 Å². The molecular formula is C21H28ClN3O+2. The highest BCUT2D eigenvalue weighted by Gasteiger charge is 2.35. The predicted octanol–water partition coefficient (Wildman–Crippen LogP) is 4.01. The average molecular weight is 374 g/mol. The fourth-order valence-electron chi connectivity index (χ4n) is 3.90. The van der Waals surface area contributed by atoms with Crippen LogP contribution < -0.4 is 9.64 Å². The van der Waals surface area contributed by atoms with Crippen LogP contribution in [-0.4, -0.2) is 26.0 Å². The van der Waals surface area contributed by atoms with Crippen molar-refractivity contribution in [2.75, 3.05) is 14.1 Å². The molecule has 0 amide bonds. The maximum Gasteiger partial charge on any atom is 0.312 e. The number of hydrogen-bond acceptors (Lipinski definition) is 2. The molecule has 0 aromatic heterocycles. The Labute approximate surface area is 161 Å². The summed E-state index contributed by atoms with van der Waals surface area (Å²) in [5, 5.41) is 0.625. The molecule has 1 saturated carbocycles. The summed E-state index contributed by atoms with van der Waals surface area (Å²) in [7, 11) is 3.91. The van der Waals surface area contributed by atoms with E-state index in [1.54, 1.807) is 7.05 Å². The van der Waals surface area contributed by atoms with Gasteiger partial charge in [-0.05, 0) is 37.8 Å². The zero-order valence-corrected chi connectivity index (χ0v) is 16.8. The minimum Gasteiger partial charge on any atom is -0.490 e. The third-order valence-electron chi connectivity index (χ3n) is 5.32. The van der Waals surface area contributed by atoms with Crippen LogP contribution in [0.3, 0.4) is 0 Å². The van der Waals surface area contributed by atoms with Crippen LogP contribution in [-0.2, 0) is 0 Å². The van der Waals surface area contributed by atoms with Gasteiger partial charge in [-0.15, -0.1) is 0 Å². The average Bonchev–Trinajstić information content (AvgIpc) is 3.00. The lowest BCUT2D eigenvalue weighted by atomic mass is 9.86. The molecule has 2 aliphatic rings. The highest BCUT2D eigenvalue weighted by atomic mass is 35.5. The van der Waals surface area contributed by atoms with Crippen molar-refractivity contribution in [1.29, 1.82) is 0 Å². The molecule has 1 N–H and O–H groups in total. The number of aliphatic imine (C=N–C) groups is 1. The molecule has 1 aromatic carbocycles. The highest BCUT2D eigenvalue weighted by molar-refractivity contribution is 6.31. The Morgan fingerprint density at radius 3 is 2.58 bits per heavy atom. The Bertz CT molecular complexity index is 780. The van der Waals surface area contributed by atoms with E-state index in [9.17, 15) is 0 Å². The van der Waals surface area contributed by atoms with E-state index in [1.807, 2.05) is 18.2 Å². The summed E-state index contributed by atoms with van der Waals surface area (Å²) in [6.45, 7) is 4.47. The standard InChI is InChI=1S/C21H27ClN3O/c1-14(2)20-13-24-21(25(20)4)15-5-8-17(9-6-15)26-18-10-7-16(12-23-3)19(22)11-18/h7,10-11,13-15,17H,5-6,8-9H2,1-4H3/q+1/p+1. The molecule has 1 aliphatic heterocycles. The number of amidine groups is 1. The molecule has 0 saturated heterocycles. The van der Waals surface area contributed by atoms with Crippen LogP contribution in [0, 0.1) is 17.9 Å². The quantitative estimate of drug-likeness (QED) is 0.849. The molecular weight excluding hydrogens is 346 g/mol. The van der Waals surface area contributed by atoms with Crippen molar-refractivity contribution in [3.05, 3.63) is 45.5 Å². The van der Waals surface area contributed by atoms with Crippen LogP contribution >= 0.6 is 11.6 Å². The van der Waals surface area contributed by atoms with Gasteiger partial charge in [0.1, 0.15) is 17.0 Å². The summed E-state index contributed by atoms with van der Waals surface area (Å²) in [4.78, 5) is 10.0. The van der Waals surface area contributed by atoms with Gasteiger partial charge >= 0.3 is 6.07 Å². The van der Waals surface area contributed by atoms with Crippen LogP contribution in [0.25, 0.3) is 4.85 Å². The zero-order chi connectivity index (χ0) is 18.7. The molecule has 0 bridgehead atoms. The van der Waals surface area contributed by atoms with E-state index in [2.05, 4.69) is 38.0 Å². The Morgan fingerprint density at radius 2 is 2.00 bits per heavy atom. The maximum absolute atomic E-state index is 6.26. The number of nitrogens with zero attached hydrogens (tertiary/aromatic N) is 2. The SMILES string of the molecule is C[N+]#Cc1ccc(OC2CCC(C3=NC=C(C(C)C)[NH+]3C)CC2)cc1Cl. The van der Waals surface area contributed by atoms with Gasteiger partial charge in [0.05, 0.1) is 30.3 Å². The van der Waals surface area contributed by atoms with E-state index < -0.39 is 0 Å². The van der Waals surface area contributed by atoms with Crippen LogP contribution in [0.2, 0.25) is 5.02 Å². The molecule has 1 fully saturated rings. The molecule has 0 spiro atoms. The fraction of sp³-hybridized carbons (Fsp3) is 0.524. The van der Waals surface area contributed by atoms with Gasteiger partial charge in [0.25, 0.3) is 7.05 Å². The Kier molecular flexibility index (Phi) is 6.01. The van der Waals surface area contributed by atoms with E-state index >= 15 is 0 Å². The van der Waals surface area contributed by atoms with Gasteiger partial charge in [-0.25, -0.2) is 4.99 Å². The third kappa shape index (κ3) is 4.11. The van der Waals surface area contributed by atoms with Crippen molar-refractivity contribution in [1.82, 2.24) is 0 Å². The summed E-state index contributed by atoms with van der Waals surface area (Å²) >= 11 is 6.26. The normalized spacial score (nSPS) is 25.4. The number of ether oxygens (including phenoxy) is 1. The lowest BCUT2D eigenvalue weighted by Gasteiger charge is -2.29.